The van der Waals surface area contributed by atoms with Crippen LogP contribution in [0.4, 0.5) is 34.3 Å². The summed E-state index contributed by atoms with van der Waals surface area (Å²) in [5.74, 6) is -0.0175. The quantitative estimate of drug-likeness (QED) is 0.260. The predicted octanol–water partition coefficient (Wildman–Crippen LogP) is 8.92. The number of piperidine rings is 1. The molecule has 14 heteroatoms. The molecule has 2 atom stereocenters. The molecule has 0 bridgehead atoms. The predicted molar refractivity (Wildman–Crippen MR) is 185 cm³/mol. The average molecular weight is 705 g/mol. The van der Waals surface area contributed by atoms with E-state index >= 15 is 0 Å². The highest BCUT2D eigenvalue weighted by molar-refractivity contribution is 5.93. The summed E-state index contributed by atoms with van der Waals surface area (Å²) in [6, 6.07) is 7.06. The molecule has 2 aromatic heterocycles. The molecule has 1 aliphatic heterocycles. The maximum absolute atomic E-state index is 13.9. The SMILES string of the molecule is CC(C)c1cnc2c(N(Cc3ccccc3OC(F)(F)F)C(=O)OC(C)(C)C)cc(NC3CCN(C(=O)OC(C)(C)C)C(C(C)(C)C)C3)nn12. The summed E-state index contributed by atoms with van der Waals surface area (Å²) in [4.78, 5) is 34.8. The third-order valence-electron chi connectivity index (χ3n) is 8.08. The molecule has 0 aliphatic carbocycles. The molecule has 1 N–H and O–H groups in total. The number of hydrogen-bond acceptors (Lipinski definition) is 8. The number of ether oxygens (including phenoxy) is 3. The van der Waals surface area contributed by atoms with Crippen molar-refractivity contribution in [1.82, 2.24) is 19.5 Å². The minimum Gasteiger partial charge on any atom is -0.444 e. The summed E-state index contributed by atoms with van der Waals surface area (Å²) in [7, 11) is 0. The third-order valence-corrected chi connectivity index (χ3v) is 8.08. The third kappa shape index (κ3) is 9.94. The Morgan fingerprint density at radius 1 is 1.00 bits per heavy atom. The monoisotopic (exact) mass is 704 g/mol. The van der Waals surface area contributed by atoms with Gasteiger partial charge in [0.1, 0.15) is 22.8 Å². The average Bonchev–Trinajstić information content (AvgIpc) is 3.37. The van der Waals surface area contributed by atoms with Crippen LogP contribution in [0.1, 0.15) is 106 Å². The van der Waals surface area contributed by atoms with E-state index < -0.39 is 29.4 Å². The Labute approximate surface area is 292 Å². The van der Waals surface area contributed by atoms with Crippen LogP contribution in [0.25, 0.3) is 5.65 Å². The Morgan fingerprint density at radius 3 is 2.22 bits per heavy atom. The second-order valence-electron chi connectivity index (χ2n) is 16.1. The first kappa shape index (κ1) is 38.6. The molecule has 3 heterocycles. The van der Waals surface area contributed by atoms with Gasteiger partial charge in [-0.25, -0.2) is 19.1 Å². The van der Waals surface area contributed by atoms with E-state index in [1.54, 1.807) is 48.5 Å². The molecule has 11 nitrogen and oxygen atoms in total. The van der Waals surface area contributed by atoms with Crippen LogP contribution in [-0.4, -0.2) is 67.9 Å². The summed E-state index contributed by atoms with van der Waals surface area (Å²) >= 11 is 0. The van der Waals surface area contributed by atoms with Crippen molar-refractivity contribution in [1.29, 1.82) is 0 Å². The molecule has 3 aromatic rings. The zero-order chi connectivity index (χ0) is 37.4. The fourth-order valence-corrected chi connectivity index (χ4v) is 5.89. The van der Waals surface area contributed by atoms with Gasteiger partial charge in [-0.05, 0) is 71.8 Å². The van der Waals surface area contributed by atoms with Crippen LogP contribution in [-0.2, 0) is 16.0 Å². The molecule has 1 aliphatic rings. The number of aromatic nitrogens is 3. The van der Waals surface area contributed by atoms with Crippen LogP contribution < -0.4 is 15.0 Å². The fraction of sp³-hybridized carbons (Fsp3) is 0.611. The summed E-state index contributed by atoms with van der Waals surface area (Å²) in [5.41, 5.74) is -0.336. The number of fused-ring (bicyclic) bond motifs is 1. The summed E-state index contributed by atoms with van der Waals surface area (Å²) in [6.07, 6.45) is -3.22. The smallest absolute Gasteiger partial charge is 0.444 e. The molecule has 0 saturated carbocycles. The van der Waals surface area contributed by atoms with Crippen molar-refractivity contribution in [3.63, 3.8) is 0 Å². The van der Waals surface area contributed by atoms with E-state index in [0.29, 0.717) is 30.9 Å². The van der Waals surface area contributed by atoms with E-state index in [9.17, 15) is 22.8 Å². The highest BCUT2D eigenvalue weighted by atomic mass is 19.4. The number of halogens is 3. The molecule has 1 saturated heterocycles. The first-order valence-corrected chi connectivity index (χ1v) is 16.9. The summed E-state index contributed by atoms with van der Waals surface area (Å²) in [5, 5.41) is 8.41. The van der Waals surface area contributed by atoms with Gasteiger partial charge in [0.05, 0.1) is 24.1 Å². The van der Waals surface area contributed by atoms with Gasteiger partial charge in [0.15, 0.2) is 5.65 Å². The van der Waals surface area contributed by atoms with Gasteiger partial charge in [-0.1, -0.05) is 52.8 Å². The van der Waals surface area contributed by atoms with Gasteiger partial charge in [-0.2, -0.15) is 0 Å². The second kappa shape index (κ2) is 14.2. The lowest BCUT2D eigenvalue weighted by molar-refractivity contribution is -0.274. The Bertz CT molecular complexity index is 1670. The maximum atomic E-state index is 13.9. The lowest BCUT2D eigenvalue weighted by Gasteiger charge is -2.46. The van der Waals surface area contributed by atoms with Gasteiger partial charge in [0.2, 0.25) is 0 Å². The van der Waals surface area contributed by atoms with Gasteiger partial charge in [0.25, 0.3) is 0 Å². The van der Waals surface area contributed by atoms with Crippen molar-refractivity contribution in [2.45, 2.75) is 131 Å². The van der Waals surface area contributed by atoms with Crippen LogP contribution in [0.2, 0.25) is 0 Å². The number of carbonyl (C=O) groups is 2. The minimum atomic E-state index is -4.94. The normalized spacial score (nSPS) is 17.5. The summed E-state index contributed by atoms with van der Waals surface area (Å²) < 4.78 is 57.6. The molecule has 1 aromatic carbocycles. The van der Waals surface area contributed by atoms with Crippen molar-refractivity contribution in [3.8, 4) is 5.75 Å². The molecule has 2 amide bonds. The summed E-state index contributed by atoms with van der Waals surface area (Å²) in [6.45, 7) is 21.0. The van der Waals surface area contributed by atoms with Crippen molar-refractivity contribution in [3.05, 3.63) is 47.8 Å². The minimum absolute atomic E-state index is 0.00109. The number of imidazole rings is 1. The second-order valence-corrected chi connectivity index (χ2v) is 16.1. The number of rotatable bonds is 7. The van der Waals surface area contributed by atoms with E-state index in [1.165, 1.54) is 23.1 Å². The van der Waals surface area contributed by atoms with Gasteiger partial charge in [0, 0.05) is 30.3 Å². The number of benzene rings is 1. The standard InChI is InChI=1S/C36H51F3N6O5/c1-22(2)26-20-40-30-25(44(32(47)50-35(9,10)11)21-23-14-12-13-15-27(23)48-36(37,38)39)19-29(42-45(26)30)41-24-16-17-43(28(18-24)33(3,4)5)31(46)49-34(6,7)8/h12-15,19-20,22,24,28H,16-18,21H2,1-11H3,(H,41,42). The largest absolute Gasteiger partial charge is 0.573 e. The van der Waals surface area contributed by atoms with E-state index in [1.807, 2.05) is 34.6 Å². The van der Waals surface area contributed by atoms with Crippen LogP contribution >= 0.6 is 0 Å². The fourth-order valence-electron chi connectivity index (χ4n) is 5.89. The van der Waals surface area contributed by atoms with E-state index in [4.69, 9.17) is 14.6 Å². The van der Waals surface area contributed by atoms with Crippen LogP contribution in [0, 0.1) is 5.41 Å². The maximum Gasteiger partial charge on any atom is 0.573 e. The van der Waals surface area contributed by atoms with E-state index in [-0.39, 0.29) is 47.3 Å². The Hall–Kier alpha value is -4.23. The molecule has 276 valence electrons. The first-order valence-electron chi connectivity index (χ1n) is 16.9. The zero-order valence-corrected chi connectivity index (χ0v) is 30.9. The molecule has 2 unspecified atom stereocenters. The highest BCUT2D eigenvalue weighted by Gasteiger charge is 2.41. The number of para-hydroxylation sites is 1. The Balaban J connectivity index is 1.78. The highest BCUT2D eigenvalue weighted by Crippen LogP contribution is 2.36. The first-order chi connectivity index (χ1) is 22.9. The van der Waals surface area contributed by atoms with E-state index in [0.717, 1.165) is 5.69 Å². The number of alkyl halides is 3. The number of carbonyl (C=O) groups excluding carboxylic acids is 2. The van der Waals surface area contributed by atoms with Crippen molar-refractivity contribution in [2.75, 3.05) is 16.8 Å². The molecular weight excluding hydrogens is 653 g/mol. The lowest BCUT2D eigenvalue weighted by Crippen LogP contribution is -2.55. The lowest BCUT2D eigenvalue weighted by atomic mass is 9.79. The number of nitrogens with zero attached hydrogens (tertiary/aromatic N) is 5. The molecule has 0 spiro atoms. The van der Waals surface area contributed by atoms with Crippen molar-refractivity contribution in [2.24, 2.45) is 5.41 Å². The molecule has 1 fully saturated rings. The van der Waals surface area contributed by atoms with Gasteiger partial charge in [-0.3, -0.25) is 4.90 Å². The Kier molecular flexibility index (Phi) is 10.9. The number of amides is 2. The van der Waals surface area contributed by atoms with Crippen LogP contribution in [0.5, 0.6) is 5.75 Å². The van der Waals surface area contributed by atoms with Crippen LogP contribution in [0.15, 0.2) is 36.5 Å². The molecular formula is C36H51F3N6O5. The zero-order valence-electron chi connectivity index (χ0n) is 30.9. The number of likely N-dealkylation sites (tertiary alicyclic amines) is 1. The Morgan fingerprint density at radius 2 is 1.64 bits per heavy atom. The van der Waals surface area contributed by atoms with Gasteiger partial charge >= 0.3 is 18.5 Å². The number of hydrogen-bond donors (Lipinski definition) is 1. The van der Waals surface area contributed by atoms with E-state index in [2.05, 4.69) is 35.8 Å². The number of anilines is 2. The molecule has 50 heavy (non-hydrogen) atoms. The van der Waals surface area contributed by atoms with Crippen molar-refractivity contribution < 1.29 is 37.0 Å². The van der Waals surface area contributed by atoms with Gasteiger partial charge < -0.3 is 24.4 Å². The molecule has 4 rings (SSSR count). The topological polar surface area (TPSA) is 111 Å². The number of nitrogens with one attached hydrogen (secondary N) is 1. The van der Waals surface area contributed by atoms with Gasteiger partial charge in [-0.15, -0.1) is 18.3 Å². The molecule has 0 radical (unpaired) electrons. The van der Waals surface area contributed by atoms with Crippen LogP contribution in [0.3, 0.4) is 0 Å². The van der Waals surface area contributed by atoms with Crippen molar-refractivity contribution >= 4 is 29.3 Å².